The highest BCUT2D eigenvalue weighted by molar-refractivity contribution is 5.81. The minimum absolute atomic E-state index is 0.112. The summed E-state index contributed by atoms with van der Waals surface area (Å²) in [6.45, 7) is 1.92. The highest BCUT2D eigenvalue weighted by atomic mass is 16.5. The van der Waals surface area contributed by atoms with Gasteiger partial charge in [0, 0.05) is 19.2 Å². The number of carbonyl (C=O) groups is 1. The first-order valence-electron chi connectivity index (χ1n) is 9.73. The molecule has 6 heteroatoms. The van der Waals surface area contributed by atoms with Crippen LogP contribution in [0.3, 0.4) is 0 Å². The zero-order valence-corrected chi connectivity index (χ0v) is 16.1. The Morgan fingerprint density at radius 2 is 1.72 bits per heavy atom. The van der Waals surface area contributed by atoms with Crippen LogP contribution in [-0.4, -0.2) is 31.8 Å². The fraction of sp³-hybridized carbons (Fsp3) is 0.217. The van der Waals surface area contributed by atoms with E-state index in [0.717, 1.165) is 30.1 Å². The molecule has 6 nitrogen and oxygen atoms in total. The molecule has 3 aromatic rings. The van der Waals surface area contributed by atoms with Crippen LogP contribution in [0.25, 0.3) is 11.1 Å². The lowest BCUT2D eigenvalue weighted by atomic mass is 10.1. The molecule has 0 atom stereocenters. The molecule has 0 saturated carbocycles. The molecule has 0 spiro atoms. The number of hydrogen-bond acceptors (Lipinski definition) is 5. The second-order valence-corrected chi connectivity index (χ2v) is 6.84. The third-order valence-electron chi connectivity index (χ3n) is 4.74. The maximum Gasteiger partial charge on any atom is 0.277 e. The molecule has 1 N–H and O–H groups in total. The van der Waals surface area contributed by atoms with Crippen molar-refractivity contribution in [3.63, 3.8) is 0 Å². The van der Waals surface area contributed by atoms with Gasteiger partial charge in [0.05, 0.1) is 6.21 Å². The molecule has 148 valence electrons. The monoisotopic (exact) mass is 389 g/mol. The van der Waals surface area contributed by atoms with E-state index < -0.39 is 0 Å². The number of hydrazone groups is 1. The fourth-order valence-electron chi connectivity index (χ4n) is 3.24. The molecule has 4 rings (SSSR count). The maximum atomic E-state index is 11.9. The number of nitrogens with zero attached hydrogens (tertiary/aromatic N) is 2. The Balaban J connectivity index is 1.23. The van der Waals surface area contributed by atoms with E-state index in [0.29, 0.717) is 11.5 Å². The molecular formula is C23H23N3O3. The van der Waals surface area contributed by atoms with Gasteiger partial charge in [-0.15, -0.1) is 0 Å². The van der Waals surface area contributed by atoms with Gasteiger partial charge in [-0.05, 0) is 42.2 Å². The van der Waals surface area contributed by atoms with Crippen molar-refractivity contribution >= 4 is 18.0 Å². The molecule has 1 fully saturated rings. The van der Waals surface area contributed by atoms with E-state index in [4.69, 9.17) is 9.15 Å². The molecule has 1 aliphatic rings. The van der Waals surface area contributed by atoms with Gasteiger partial charge >= 0.3 is 0 Å². The second kappa shape index (κ2) is 9.10. The summed E-state index contributed by atoms with van der Waals surface area (Å²) in [5.74, 6) is 1.74. The number of ether oxygens (including phenoxy) is 1. The molecule has 0 bridgehead atoms. The van der Waals surface area contributed by atoms with Gasteiger partial charge in [0.25, 0.3) is 5.91 Å². The van der Waals surface area contributed by atoms with E-state index in [1.54, 1.807) is 0 Å². The van der Waals surface area contributed by atoms with Gasteiger partial charge in [0.1, 0.15) is 11.5 Å². The van der Waals surface area contributed by atoms with Crippen LogP contribution in [0.2, 0.25) is 0 Å². The van der Waals surface area contributed by atoms with Gasteiger partial charge in [-0.2, -0.15) is 5.10 Å². The van der Waals surface area contributed by atoms with Gasteiger partial charge in [0.15, 0.2) is 12.5 Å². The molecule has 0 radical (unpaired) electrons. The normalized spacial score (nSPS) is 13.7. The average Bonchev–Trinajstić information content (AvgIpc) is 3.45. The summed E-state index contributed by atoms with van der Waals surface area (Å²) < 4.78 is 11.2. The Morgan fingerprint density at radius 3 is 2.48 bits per heavy atom. The molecular weight excluding hydrogens is 366 g/mol. The van der Waals surface area contributed by atoms with Crippen molar-refractivity contribution in [1.29, 1.82) is 0 Å². The Labute approximate surface area is 169 Å². The topological polar surface area (TPSA) is 67.1 Å². The van der Waals surface area contributed by atoms with Crippen LogP contribution in [0, 0.1) is 0 Å². The van der Waals surface area contributed by atoms with Crippen molar-refractivity contribution in [2.75, 3.05) is 24.6 Å². The molecule has 0 unspecified atom stereocenters. The predicted molar refractivity (Wildman–Crippen MR) is 113 cm³/mol. The molecule has 1 aliphatic heterocycles. The van der Waals surface area contributed by atoms with Crippen molar-refractivity contribution in [3.05, 3.63) is 72.5 Å². The molecule has 29 heavy (non-hydrogen) atoms. The van der Waals surface area contributed by atoms with Crippen molar-refractivity contribution in [2.24, 2.45) is 5.10 Å². The van der Waals surface area contributed by atoms with Crippen LogP contribution < -0.4 is 15.1 Å². The molecule has 1 aromatic heterocycles. The maximum absolute atomic E-state index is 11.9. The van der Waals surface area contributed by atoms with Crippen LogP contribution in [0.1, 0.15) is 18.6 Å². The Hall–Kier alpha value is -3.54. The largest absolute Gasteiger partial charge is 0.484 e. The third kappa shape index (κ3) is 5.04. The van der Waals surface area contributed by atoms with E-state index in [9.17, 15) is 4.79 Å². The van der Waals surface area contributed by atoms with E-state index in [-0.39, 0.29) is 12.5 Å². The quantitative estimate of drug-likeness (QED) is 0.488. The number of anilines is 1. The standard InChI is InChI=1S/C23H23N3O3/c27-22(25-24-16-21-12-13-23(29-21)26-14-4-5-15-26)17-28-20-10-8-19(9-11-20)18-6-2-1-3-7-18/h1-3,6-13,16H,4-5,14-15,17H2,(H,25,27)/b24-16+. The van der Waals surface area contributed by atoms with Gasteiger partial charge in [-0.3, -0.25) is 4.79 Å². The molecule has 2 aromatic carbocycles. The lowest BCUT2D eigenvalue weighted by Gasteiger charge is -2.12. The summed E-state index contributed by atoms with van der Waals surface area (Å²) in [7, 11) is 0. The van der Waals surface area contributed by atoms with Crippen LogP contribution >= 0.6 is 0 Å². The van der Waals surface area contributed by atoms with Crippen molar-refractivity contribution < 1.29 is 13.9 Å². The fourth-order valence-corrected chi connectivity index (χ4v) is 3.24. The Morgan fingerprint density at radius 1 is 1.00 bits per heavy atom. The third-order valence-corrected chi connectivity index (χ3v) is 4.74. The highest BCUT2D eigenvalue weighted by Gasteiger charge is 2.15. The number of benzene rings is 2. The van der Waals surface area contributed by atoms with Gasteiger partial charge < -0.3 is 14.1 Å². The molecule has 1 amide bonds. The average molecular weight is 389 g/mol. The first-order valence-corrected chi connectivity index (χ1v) is 9.73. The Kier molecular flexibility index (Phi) is 5.90. The van der Waals surface area contributed by atoms with Crippen molar-refractivity contribution in [2.45, 2.75) is 12.8 Å². The predicted octanol–water partition coefficient (Wildman–Crippen LogP) is 4.08. The summed E-state index contributed by atoms with van der Waals surface area (Å²) in [6.07, 6.45) is 3.87. The first kappa shape index (κ1) is 18.8. The minimum Gasteiger partial charge on any atom is -0.484 e. The van der Waals surface area contributed by atoms with E-state index in [2.05, 4.69) is 27.6 Å². The molecule has 2 heterocycles. The van der Waals surface area contributed by atoms with Gasteiger partial charge in [-0.25, -0.2) is 5.43 Å². The summed E-state index contributed by atoms with van der Waals surface area (Å²) in [5, 5.41) is 3.93. The Bertz CT molecular complexity index is 959. The highest BCUT2D eigenvalue weighted by Crippen LogP contribution is 2.23. The summed E-state index contributed by atoms with van der Waals surface area (Å²) >= 11 is 0. The summed E-state index contributed by atoms with van der Waals surface area (Å²) in [5.41, 5.74) is 4.68. The SMILES string of the molecule is O=C(COc1ccc(-c2ccccc2)cc1)N/N=C/c1ccc(N2CCCC2)o1. The van der Waals surface area contributed by atoms with E-state index >= 15 is 0 Å². The zero-order chi connectivity index (χ0) is 19.9. The van der Waals surface area contributed by atoms with Crippen molar-refractivity contribution in [3.8, 4) is 16.9 Å². The first-order chi connectivity index (χ1) is 14.3. The van der Waals surface area contributed by atoms with Crippen LogP contribution in [0.5, 0.6) is 5.75 Å². The van der Waals surface area contributed by atoms with E-state index in [1.807, 2.05) is 54.6 Å². The van der Waals surface area contributed by atoms with E-state index in [1.165, 1.54) is 19.1 Å². The number of carbonyl (C=O) groups excluding carboxylic acids is 1. The van der Waals surface area contributed by atoms with Gasteiger partial charge in [0.2, 0.25) is 0 Å². The number of rotatable bonds is 7. The van der Waals surface area contributed by atoms with Crippen LogP contribution in [-0.2, 0) is 4.79 Å². The van der Waals surface area contributed by atoms with Crippen molar-refractivity contribution in [1.82, 2.24) is 5.43 Å². The second-order valence-electron chi connectivity index (χ2n) is 6.84. The van der Waals surface area contributed by atoms with Gasteiger partial charge in [-0.1, -0.05) is 42.5 Å². The lowest BCUT2D eigenvalue weighted by molar-refractivity contribution is -0.123. The number of amides is 1. The van der Waals surface area contributed by atoms with Crippen LogP contribution in [0.4, 0.5) is 5.88 Å². The lowest BCUT2D eigenvalue weighted by Crippen LogP contribution is -2.24. The summed E-state index contributed by atoms with van der Waals surface area (Å²) in [4.78, 5) is 14.1. The van der Waals surface area contributed by atoms with Crippen LogP contribution in [0.15, 0.2) is 76.2 Å². The molecule has 0 aliphatic carbocycles. The smallest absolute Gasteiger partial charge is 0.277 e. The molecule has 1 saturated heterocycles. The summed E-state index contributed by atoms with van der Waals surface area (Å²) in [6, 6.07) is 21.5. The number of nitrogens with one attached hydrogen (secondary N) is 1. The zero-order valence-electron chi connectivity index (χ0n) is 16.1. The number of hydrogen-bond donors (Lipinski definition) is 1. The number of furan rings is 1. The minimum atomic E-state index is -0.334.